The van der Waals surface area contributed by atoms with Gasteiger partial charge in [-0.1, -0.05) is 6.92 Å². The average molecular weight is 531 g/mol. The first kappa shape index (κ1) is 27.3. The molecule has 4 rings (SSSR count). The molecule has 0 bridgehead atoms. The predicted molar refractivity (Wildman–Crippen MR) is 153 cm³/mol. The summed E-state index contributed by atoms with van der Waals surface area (Å²) in [6.07, 6.45) is 0.787. The second-order valence-corrected chi connectivity index (χ2v) is 8.81. The van der Waals surface area contributed by atoms with Gasteiger partial charge in [0.2, 0.25) is 11.5 Å². The summed E-state index contributed by atoms with van der Waals surface area (Å²) in [6, 6.07) is 22.1. The lowest BCUT2D eigenvalue weighted by atomic mass is 9.88. The minimum atomic E-state index is -0.0354. The molecule has 8 heteroatoms. The van der Waals surface area contributed by atoms with E-state index in [1.165, 1.54) is 0 Å². The van der Waals surface area contributed by atoms with E-state index in [9.17, 15) is 0 Å². The Hall–Kier alpha value is -4.72. The quantitative estimate of drug-likeness (QED) is 0.199. The number of nitrogen functional groups attached to an aromatic ring is 2. The fourth-order valence-corrected chi connectivity index (χ4v) is 4.38. The minimum Gasteiger partial charge on any atom is -0.493 e. The molecule has 0 aliphatic heterocycles. The fourth-order valence-electron chi connectivity index (χ4n) is 4.38. The Morgan fingerprint density at radius 3 is 1.10 bits per heavy atom. The van der Waals surface area contributed by atoms with Gasteiger partial charge in [-0.25, -0.2) is 0 Å². The molecule has 4 aromatic carbocycles. The van der Waals surface area contributed by atoms with Crippen LogP contribution in [0.15, 0.2) is 72.8 Å². The van der Waals surface area contributed by atoms with Gasteiger partial charge in [0.15, 0.2) is 23.0 Å². The number of ether oxygens (including phenoxy) is 6. The van der Waals surface area contributed by atoms with Crippen molar-refractivity contribution in [1.29, 1.82) is 0 Å². The number of hydrogen-bond acceptors (Lipinski definition) is 8. The average Bonchev–Trinajstić information content (AvgIpc) is 2.96. The number of nitrogens with two attached hydrogens (primary N) is 2. The molecular formula is C31H34N2O6. The summed E-state index contributed by atoms with van der Waals surface area (Å²) in [7, 11) is 6.41. The molecule has 0 unspecified atom stereocenters. The highest BCUT2D eigenvalue weighted by atomic mass is 16.5. The summed E-state index contributed by atoms with van der Waals surface area (Å²) in [5.74, 6) is 4.33. The van der Waals surface area contributed by atoms with E-state index in [2.05, 4.69) is 6.92 Å². The van der Waals surface area contributed by atoms with Crippen LogP contribution in [0.25, 0.3) is 0 Å². The molecule has 0 radical (unpaired) electrons. The Kier molecular flexibility index (Phi) is 8.56. The lowest BCUT2D eigenvalue weighted by molar-refractivity contribution is 0.344. The van der Waals surface area contributed by atoms with Gasteiger partial charge < -0.3 is 39.9 Å². The van der Waals surface area contributed by atoms with Crippen LogP contribution in [0.5, 0.6) is 46.0 Å². The highest BCUT2D eigenvalue weighted by Gasteiger charge is 2.24. The zero-order chi connectivity index (χ0) is 27.9. The molecule has 0 fully saturated rings. The smallest absolute Gasteiger partial charge is 0.211 e. The maximum atomic E-state index is 6.13. The SMILES string of the molecule is CCC(c1cc(OC)c(Oc2ccc(N)cc2)c(OC)c1)c1cc(OC)c(Oc2ccc(N)cc2)c(OC)c1. The van der Waals surface area contributed by atoms with Crippen molar-refractivity contribution >= 4 is 11.4 Å². The maximum Gasteiger partial charge on any atom is 0.211 e. The Balaban J connectivity index is 1.74. The number of methoxy groups -OCH3 is 4. The molecule has 0 atom stereocenters. The first-order valence-corrected chi connectivity index (χ1v) is 12.5. The van der Waals surface area contributed by atoms with Gasteiger partial charge in [-0.3, -0.25) is 0 Å². The Morgan fingerprint density at radius 2 is 0.846 bits per heavy atom. The van der Waals surface area contributed by atoms with Crippen LogP contribution >= 0.6 is 0 Å². The van der Waals surface area contributed by atoms with Gasteiger partial charge in [0.1, 0.15) is 11.5 Å². The van der Waals surface area contributed by atoms with Gasteiger partial charge in [0.25, 0.3) is 0 Å². The third kappa shape index (κ3) is 6.06. The van der Waals surface area contributed by atoms with Gasteiger partial charge in [0, 0.05) is 17.3 Å². The third-order valence-corrected chi connectivity index (χ3v) is 6.38. The van der Waals surface area contributed by atoms with E-state index >= 15 is 0 Å². The van der Waals surface area contributed by atoms with Crippen LogP contribution in [-0.2, 0) is 0 Å². The van der Waals surface area contributed by atoms with E-state index in [0.717, 1.165) is 17.5 Å². The molecule has 0 aliphatic carbocycles. The summed E-state index contributed by atoms with van der Waals surface area (Å²) in [5, 5.41) is 0. The Labute approximate surface area is 229 Å². The zero-order valence-corrected chi connectivity index (χ0v) is 22.8. The molecule has 0 spiro atoms. The highest BCUT2D eigenvalue weighted by molar-refractivity contribution is 5.60. The van der Waals surface area contributed by atoms with Crippen LogP contribution in [0.2, 0.25) is 0 Å². The van der Waals surface area contributed by atoms with Gasteiger partial charge in [0.05, 0.1) is 28.4 Å². The van der Waals surface area contributed by atoms with Crippen LogP contribution < -0.4 is 39.9 Å². The fraction of sp³-hybridized carbons (Fsp3) is 0.226. The van der Waals surface area contributed by atoms with Crippen molar-refractivity contribution in [2.45, 2.75) is 19.3 Å². The van der Waals surface area contributed by atoms with Crippen LogP contribution in [0, 0.1) is 0 Å². The summed E-state index contributed by atoms with van der Waals surface area (Å²) < 4.78 is 35.2. The van der Waals surface area contributed by atoms with Crippen LogP contribution in [0.1, 0.15) is 30.4 Å². The Morgan fingerprint density at radius 1 is 0.538 bits per heavy atom. The van der Waals surface area contributed by atoms with Crippen molar-refractivity contribution in [2.75, 3.05) is 39.9 Å². The van der Waals surface area contributed by atoms with Crippen LogP contribution in [0.4, 0.5) is 11.4 Å². The molecule has 0 saturated carbocycles. The largest absolute Gasteiger partial charge is 0.493 e. The molecular weight excluding hydrogens is 496 g/mol. The Bertz CT molecular complexity index is 1250. The van der Waals surface area contributed by atoms with Crippen LogP contribution in [0.3, 0.4) is 0 Å². The topological polar surface area (TPSA) is 107 Å². The summed E-state index contributed by atoms with van der Waals surface area (Å²) in [4.78, 5) is 0. The molecule has 0 aromatic heterocycles. The molecule has 4 N–H and O–H groups in total. The molecule has 0 aliphatic rings. The van der Waals surface area contributed by atoms with Crippen molar-refractivity contribution in [3.05, 3.63) is 83.9 Å². The van der Waals surface area contributed by atoms with E-state index in [0.29, 0.717) is 57.4 Å². The molecule has 0 saturated heterocycles. The number of hydrogen-bond donors (Lipinski definition) is 2. The van der Waals surface area contributed by atoms with E-state index in [1.54, 1.807) is 77.0 Å². The summed E-state index contributed by atoms with van der Waals surface area (Å²) in [5.41, 5.74) is 14.9. The molecule has 0 amide bonds. The van der Waals surface area contributed by atoms with Gasteiger partial charge in [-0.05, 0) is 90.3 Å². The zero-order valence-electron chi connectivity index (χ0n) is 22.8. The molecule has 8 nitrogen and oxygen atoms in total. The third-order valence-electron chi connectivity index (χ3n) is 6.38. The molecule has 0 heterocycles. The van der Waals surface area contributed by atoms with Crippen molar-refractivity contribution in [3.63, 3.8) is 0 Å². The van der Waals surface area contributed by atoms with Crippen LogP contribution in [-0.4, -0.2) is 28.4 Å². The minimum absolute atomic E-state index is 0.0354. The predicted octanol–water partition coefficient (Wildman–Crippen LogP) is 7.01. The van der Waals surface area contributed by atoms with Crippen molar-refractivity contribution in [1.82, 2.24) is 0 Å². The van der Waals surface area contributed by atoms with Crippen molar-refractivity contribution in [2.24, 2.45) is 0 Å². The molecule has 204 valence electrons. The van der Waals surface area contributed by atoms with E-state index in [-0.39, 0.29) is 5.92 Å². The second-order valence-electron chi connectivity index (χ2n) is 8.81. The van der Waals surface area contributed by atoms with Gasteiger partial charge in [-0.15, -0.1) is 0 Å². The summed E-state index contributed by atoms with van der Waals surface area (Å²) in [6.45, 7) is 2.11. The molecule has 39 heavy (non-hydrogen) atoms. The van der Waals surface area contributed by atoms with E-state index in [4.69, 9.17) is 39.9 Å². The number of rotatable bonds is 11. The molecule has 4 aromatic rings. The van der Waals surface area contributed by atoms with Gasteiger partial charge >= 0.3 is 0 Å². The lowest BCUT2D eigenvalue weighted by Gasteiger charge is -2.23. The lowest BCUT2D eigenvalue weighted by Crippen LogP contribution is -2.05. The van der Waals surface area contributed by atoms with E-state index in [1.807, 2.05) is 24.3 Å². The highest BCUT2D eigenvalue weighted by Crippen LogP contribution is 2.47. The van der Waals surface area contributed by atoms with E-state index < -0.39 is 0 Å². The first-order valence-electron chi connectivity index (χ1n) is 12.5. The monoisotopic (exact) mass is 530 g/mol. The number of anilines is 2. The van der Waals surface area contributed by atoms with Crippen molar-refractivity contribution < 1.29 is 28.4 Å². The van der Waals surface area contributed by atoms with Crippen molar-refractivity contribution in [3.8, 4) is 46.0 Å². The summed E-state index contributed by atoms with van der Waals surface area (Å²) >= 11 is 0. The number of benzene rings is 4. The first-order chi connectivity index (χ1) is 18.9. The standard InChI is InChI=1S/C31H34N2O6/c1-6-25(19-15-26(34-2)30(27(16-19)35-3)38-23-11-7-21(32)8-12-23)20-17-28(36-4)31(29(18-20)37-5)39-24-13-9-22(33)10-14-24/h7-18,25H,6,32-33H2,1-5H3. The van der Waals surface area contributed by atoms with Gasteiger partial charge in [-0.2, -0.15) is 0 Å². The second kappa shape index (κ2) is 12.2. The maximum absolute atomic E-state index is 6.13. The normalized spacial score (nSPS) is 10.7.